The van der Waals surface area contributed by atoms with E-state index in [2.05, 4.69) is 50.9 Å². The molecule has 6 heteroatoms. The number of aromatic nitrogens is 3. The number of benzene rings is 1. The molecule has 1 aromatic heterocycles. The van der Waals surface area contributed by atoms with E-state index in [-0.39, 0.29) is 5.60 Å². The van der Waals surface area contributed by atoms with Crippen LogP contribution in [0.5, 0.6) is 0 Å². The Morgan fingerprint density at radius 1 is 1.30 bits per heavy atom. The highest BCUT2D eigenvalue weighted by atomic mass is 16.5. The number of fused-ring (bicyclic) bond motifs is 2. The van der Waals surface area contributed by atoms with E-state index in [0.717, 1.165) is 37.8 Å². The molecule has 1 fully saturated rings. The van der Waals surface area contributed by atoms with Crippen molar-refractivity contribution in [2.45, 2.75) is 38.7 Å². The molecule has 3 heterocycles. The van der Waals surface area contributed by atoms with Gasteiger partial charge < -0.3 is 14.4 Å². The Bertz CT molecular complexity index is 714. The van der Waals surface area contributed by atoms with Crippen LogP contribution >= 0.6 is 0 Å². The first kappa shape index (κ1) is 14.7. The van der Waals surface area contributed by atoms with Crippen molar-refractivity contribution in [2.75, 3.05) is 25.1 Å². The molecule has 0 radical (unpaired) electrons. The molecule has 0 saturated carbocycles. The fourth-order valence-electron chi connectivity index (χ4n) is 3.79. The zero-order valence-electron chi connectivity index (χ0n) is 13.7. The molecule has 0 aliphatic carbocycles. The van der Waals surface area contributed by atoms with Crippen LogP contribution in [-0.2, 0) is 34.8 Å². The van der Waals surface area contributed by atoms with Gasteiger partial charge in [-0.1, -0.05) is 24.3 Å². The van der Waals surface area contributed by atoms with Crippen LogP contribution in [0.3, 0.4) is 0 Å². The highest BCUT2D eigenvalue weighted by molar-refractivity contribution is 5.43. The minimum atomic E-state index is -0.192. The van der Waals surface area contributed by atoms with Crippen LogP contribution in [0.25, 0.3) is 0 Å². The fraction of sp³-hybridized carbons (Fsp3) is 0.529. The van der Waals surface area contributed by atoms with Gasteiger partial charge in [-0.25, -0.2) is 0 Å². The lowest BCUT2D eigenvalue weighted by molar-refractivity contribution is -0.0205. The third-order valence-corrected chi connectivity index (χ3v) is 4.92. The molecule has 0 bridgehead atoms. The number of methoxy groups -OCH3 is 1. The summed E-state index contributed by atoms with van der Waals surface area (Å²) in [4.78, 5) is 2.29. The van der Waals surface area contributed by atoms with Crippen molar-refractivity contribution in [2.24, 2.45) is 0 Å². The molecule has 6 nitrogen and oxygen atoms in total. The van der Waals surface area contributed by atoms with E-state index in [9.17, 15) is 0 Å². The Morgan fingerprint density at radius 3 is 3.00 bits per heavy atom. The van der Waals surface area contributed by atoms with E-state index in [4.69, 9.17) is 9.47 Å². The van der Waals surface area contributed by atoms with Gasteiger partial charge in [0.05, 0.1) is 13.2 Å². The summed E-state index contributed by atoms with van der Waals surface area (Å²) < 4.78 is 13.6. The van der Waals surface area contributed by atoms with E-state index < -0.39 is 0 Å². The van der Waals surface area contributed by atoms with Gasteiger partial charge in [-0.3, -0.25) is 4.57 Å². The first-order valence-electron chi connectivity index (χ1n) is 8.16. The monoisotopic (exact) mass is 314 g/mol. The Balaban J connectivity index is 1.63. The van der Waals surface area contributed by atoms with E-state index in [1.807, 2.05) is 0 Å². The minimum absolute atomic E-state index is 0.192. The number of nitrogens with zero attached hydrogens (tertiary/aromatic N) is 4. The lowest BCUT2D eigenvalue weighted by atomic mass is 9.92. The van der Waals surface area contributed by atoms with Gasteiger partial charge in [0.15, 0.2) is 5.82 Å². The molecule has 1 atom stereocenters. The van der Waals surface area contributed by atoms with Crippen LogP contribution in [-0.4, -0.2) is 35.0 Å². The van der Waals surface area contributed by atoms with Crippen molar-refractivity contribution < 1.29 is 9.47 Å². The van der Waals surface area contributed by atoms with E-state index >= 15 is 0 Å². The normalized spacial score (nSPS) is 23.0. The van der Waals surface area contributed by atoms with Gasteiger partial charge in [-0.2, -0.15) is 0 Å². The summed E-state index contributed by atoms with van der Waals surface area (Å²) in [5.41, 5.74) is 2.45. The van der Waals surface area contributed by atoms with E-state index in [0.29, 0.717) is 13.2 Å². The number of anilines is 1. The Morgan fingerprint density at radius 2 is 2.17 bits per heavy atom. The topological polar surface area (TPSA) is 52.4 Å². The Labute approximate surface area is 136 Å². The predicted molar refractivity (Wildman–Crippen MR) is 86.1 cm³/mol. The molecule has 1 unspecified atom stereocenters. The number of ether oxygens (including phenoxy) is 2. The molecule has 2 aliphatic heterocycles. The molecule has 2 aliphatic rings. The summed E-state index contributed by atoms with van der Waals surface area (Å²) in [5, 5.41) is 8.69. The van der Waals surface area contributed by atoms with Crippen molar-refractivity contribution >= 4 is 5.95 Å². The van der Waals surface area contributed by atoms with E-state index in [1.165, 1.54) is 11.1 Å². The van der Waals surface area contributed by atoms with Crippen LogP contribution in [0.1, 0.15) is 30.3 Å². The first-order valence-corrected chi connectivity index (χ1v) is 8.16. The van der Waals surface area contributed by atoms with Gasteiger partial charge >= 0.3 is 0 Å². The summed E-state index contributed by atoms with van der Waals surface area (Å²) in [5.74, 6) is 1.79. The fourth-order valence-corrected chi connectivity index (χ4v) is 3.79. The molecule has 0 amide bonds. The summed E-state index contributed by atoms with van der Waals surface area (Å²) in [6.07, 6.45) is 0.986. The highest BCUT2D eigenvalue weighted by Crippen LogP contribution is 2.44. The van der Waals surface area contributed by atoms with Gasteiger partial charge in [-0.05, 0) is 24.5 Å². The second-order valence-corrected chi connectivity index (χ2v) is 6.21. The van der Waals surface area contributed by atoms with Gasteiger partial charge in [-0.15, -0.1) is 10.2 Å². The number of hydrogen-bond donors (Lipinski definition) is 0. The van der Waals surface area contributed by atoms with Crippen molar-refractivity contribution in [3.05, 3.63) is 41.2 Å². The summed E-state index contributed by atoms with van der Waals surface area (Å²) in [6, 6.07) is 8.55. The molecule has 1 saturated heterocycles. The zero-order valence-corrected chi connectivity index (χ0v) is 13.7. The first-order chi connectivity index (χ1) is 11.3. The van der Waals surface area contributed by atoms with Gasteiger partial charge in [0.1, 0.15) is 12.2 Å². The molecule has 2 aromatic rings. The largest absolute Gasteiger partial charge is 0.377 e. The predicted octanol–water partition coefficient (Wildman–Crippen LogP) is 2.08. The maximum absolute atomic E-state index is 6.23. The lowest BCUT2D eigenvalue weighted by Gasteiger charge is -2.25. The molecule has 122 valence electrons. The maximum Gasteiger partial charge on any atom is 0.227 e. The maximum atomic E-state index is 6.23. The molecule has 23 heavy (non-hydrogen) atoms. The standard InChI is InChI=1S/C17H22N4O2/c1-3-21-15(11-22-2)18-19-16(21)20-9-8-17(12-20)14-7-5-4-6-13(14)10-23-17/h4-7H,3,8-12H2,1-2H3. The number of hydrogen-bond acceptors (Lipinski definition) is 5. The molecule has 1 spiro atoms. The second kappa shape index (κ2) is 5.62. The third kappa shape index (κ3) is 2.24. The molecular formula is C17H22N4O2. The van der Waals surface area contributed by atoms with Crippen molar-refractivity contribution in [3.8, 4) is 0 Å². The van der Waals surface area contributed by atoms with Gasteiger partial charge in [0.2, 0.25) is 5.95 Å². The van der Waals surface area contributed by atoms with Crippen LogP contribution in [0.4, 0.5) is 5.95 Å². The zero-order chi connectivity index (χ0) is 15.9. The van der Waals surface area contributed by atoms with Crippen molar-refractivity contribution in [1.29, 1.82) is 0 Å². The quantitative estimate of drug-likeness (QED) is 0.865. The lowest BCUT2D eigenvalue weighted by Crippen LogP contribution is -2.32. The molecule has 0 N–H and O–H groups in total. The minimum Gasteiger partial charge on any atom is -0.377 e. The number of rotatable bonds is 4. The molecular weight excluding hydrogens is 292 g/mol. The second-order valence-electron chi connectivity index (χ2n) is 6.21. The average molecular weight is 314 g/mol. The average Bonchev–Trinajstić information content (AvgIpc) is 3.27. The van der Waals surface area contributed by atoms with Crippen LogP contribution in [0, 0.1) is 0 Å². The van der Waals surface area contributed by atoms with E-state index in [1.54, 1.807) is 7.11 Å². The van der Waals surface area contributed by atoms with Crippen molar-refractivity contribution in [3.63, 3.8) is 0 Å². The van der Waals surface area contributed by atoms with Gasteiger partial charge in [0.25, 0.3) is 0 Å². The Hall–Kier alpha value is -1.92. The van der Waals surface area contributed by atoms with Crippen molar-refractivity contribution in [1.82, 2.24) is 14.8 Å². The third-order valence-electron chi connectivity index (χ3n) is 4.92. The SMILES string of the molecule is CCn1c(COC)nnc1N1CCC2(C1)OCc1ccccc12. The van der Waals surface area contributed by atoms with Gasteiger partial charge in [0, 0.05) is 20.2 Å². The van der Waals surface area contributed by atoms with Crippen LogP contribution in [0.15, 0.2) is 24.3 Å². The Kier molecular flexibility index (Phi) is 3.58. The van der Waals surface area contributed by atoms with Crippen LogP contribution < -0.4 is 4.90 Å². The smallest absolute Gasteiger partial charge is 0.227 e. The molecule has 4 rings (SSSR count). The summed E-state index contributed by atoms with van der Waals surface area (Å²) >= 11 is 0. The summed E-state index contributed by atoms with van der Waals surface area (Å²) in [6.45, 7) is 5.90. The summed E-state index contributed by atoms with van der Waals surface area (Å²) in [7, 11) is 1.68. The molecule has 1 aromatic carbocycles. The highest BCUT2D eigenvalue weighted by Gasteiger charge is 2.46. The van der Waals surface area contributed by atoms with Crippen LogP contribution in [0.2, 0.25) is 0 Å².